The lowest BCUT2D eigenvalue weighted by Gasteiger charge is -2.23. The van der Waals surface area contributed by atoms with E-state index in [2.05, 4.69) is 35.7 Å². The number of amides is 2. The van der Waals surface area contributed by atoms with Crippen LogP contribution in [0.5, 0.6) is 0 Å². The molecule has 1 fully saturated rings. The number of hydrogen-bond donors (Lipinski definition) is 2. The summed E-state index contributed by atoms with van der Waals surface area (Å²) in [7, 11) is 3.26. The number of methoxy groups -OCH3 is 2. The third kappa shape index (κ3) is 5.78. The molecule has 0 spiro atoms. The number of rotatable bonds is 11. The first-order valence-electron chi connectivity index (χ1n) is 11.4. The molecule has 9 nitrogen and oxygen atoms in total. The normalized spacial score (nSPS) is 20.1. The Hall–Kier alpha value is -2.78. The van der Waals surface area contributed by atoms with Crippen molar-refractivity contribution in [1.29, 1.82) is 0 Å². The smallest absolute Gasteiger partial charge is 0.255 e. The van der Waals surface area contributed by atoms with Crippen LogP contribution in [-0.4, -0.2) is 78.2 Å². The molecule has 0 radical (unpaired) electrons. The molecule has 2 amide bonds. The summed E-state index contributed by atoms with van der Waals surface area (Å²) in [5.74, 6) is 0.610. The van der Waals surface area contributed by atoms with Gasteiger partial charge in [-0.25, -0.2) is 9.97 Å². The van der Waals surface area contributed by atoms with Crippen LogP contribution < -0.4 is 5.32 Å². The van der Waals surface area contributed by atoms with Crippen LogP contribution in [0.3, 0.4) is 0 Å². The summed E-state index contributed by atoms with van der Waals surface area (Å²) in [6.45, 7) is 10.1. The Labute approximate surface area is 194 Å². The monoisotopic (exact) mass is 457 g/mol. The first-order chi connectivity index (χ1) is 15.9. The number of nitrogens with zero attached hydrogens (tertiary/aromatic N) is 3. The molecule has 4 atom stereocenters. The average Bonchev–Trinajstić information content (AvgIpc) is 3.42. The fourth-order valence-corrected chi connectivity index (χ4v) is 4.60. The minimum atomic E-state index is -0.201. The lowest BCUT2D eigenvalue weighted by molar-refractivity contribution is -0.127. The van der Waals surface area contributed by atoms with Crippen molar-refractivity contribution < 1.29 is 19.1 Å². The van der Waals surface area contributed by atoms with E-state index in [1.54, 1.807) is 26.6 Å². The van der Waals surface area contributed by atoms with E-state index in [0.717, 1.165) is 18.5 Å². The number of carbonyl (C=O) groups excluding carboxylic acids is 2. The maximum absolute atomic E-state index is 12.5. The highest BCUT2D eigenvalue weighted by Crippen LogP contribution is 2.34. The molecule has 0 aliphatic carbocycles. The third-order valence-electron chi connectivity index (χ3n) is 6.58. The summed E-state index contributed by atoms with van der Waals surface area (Å²) in [6, 6.07) is 0.0863. The van der Waals surface area contributed by atoms with Crippen LogP contribution in [0.4, 0.5) is 0 Å². The molecule has 2 aromatic rings. The summed E-state index contributed by atoms with van der Waals surface area (Å²) in [4.78, 5) is 39.0. The molecule has 3 heterocycles. The minimum Gasteiger partial charge on any atom is -0.383 e. The van der Waals surface area contributed by atoms with Crippen LogP contribution in [0.1, 0.15) is 48.7 Å². The van der Waals surface area contributed by atoms with Gasteiger partial charge in [0, 0.05) is 39.4 Å². The van der Waals surface area contributed by atoms with Crippen molar-refractivity contribution in [2.45, 2.75) is 38.6 Å². The first kappa shape index (κ1) is 24.9. The Bertz CT molecular complexity index is 975. The molecule has 0 bridgehead atoms. The van der Waals surface area contributed by atoms with Gasteiger partial charge in [-0.2, -0.15) is 0 Å². The van der Waals surface area contributed by atoms with Gasteiger partial charge in [0.05, 0.1) is 36.7 Å². The standard InChI is InChI=1S/C24H35N5O4/c1-6-21(30)29-13-17(10-18(29)14-33-5)9-15(2)16(3)20-12-27-23-22(28-20)19(11-26-23)24(31)25-7-8-32-4/h6,11-12,15-18H,1,7-10,13-14H2,2-5H3,(H,25,31)(H,26,27)/t15?,16?,17?,18-/m0/s1. The van der Waals surface area contributed by atoms with Gasteiger partial charge in [0.1, 0.15) is 5.52 Å². The third-order valence-corrected chi connectivity index (χ3v) is 6.58. The van der Waals surface area contributed by atoms with Crippen molar-refractivity contribution in [2.75, 3.05) is 40.5 Å². The molecule has 180 valence electrons. The lowest BCUT2D eigenvalue weighted by Crippen LogP contribution is -2.37. The van der Waals surface area contributed by atoms with Crippen LogP contribution in [0, 0.1) is 11.8 Å². The van der Waals surface area contributed by atoms with E-state index < -0.39 is 0 Å². The van der Waals surface area contributed by atoms with Gasteiger partial charge < -0.3 is 24.7 Å². The predicted octanol–water partition coefficient (Wildman–Crippen LogP) is 2.51. The van der Waals surface area contributed by atoms with E-state index in [9.17, 15) is 9.59 Å². The van der Waals surface area contributed by atoms with Crippen LogP contribution in [0.25, 0.3) is 11.2 Å². The van der Waals surface area contributed by atoms with Crippen molar-refractivity contribution in [2.24, 2.45) is 11.8 Å². The Kier molecular flexibility index (Phi) is 8.57. The van der Waals surface area contributed by atoms with Crippen LogP contribution >= 0.6 is 0 Å². The Morgan fingerprint density at radius 2 is 2.15 bits per heavy atom. The van der Waals surface area contributed by atoms with E-state index in [1.807, 2.05) is 4.90 Å². The lowest BCUT2D eigenvalue weighted by atomic mass is 9.84. The van der Waals surface area contributed by atoms with E-state index in [1.165, 1.54) is 6.08 Å². The van der Waals surface area contributed by atoms with Crippen LogP contribution in [0.15, 0.2) is 25.0 Å². The SMILES string of the molecule is C=CC(=O)N1CC(CC(C)C(C)c2cnc3[nH]cc(C(=O)NCCOC)c3n2)C[C@H]1COC. The van der Waals surface area contributed by atoms with E-state index in [4.69, 9.17) is 14.5 Å². The number of aromatic nitrogens is 3. The fourth-order valence-electron chi connectivity index (χ4n) is 4.60. The molecule has 33 heavy (non-hydrogen) atoms. The minimum absolute atomic E-state index is 0.0414. The highest BCUT2D eigenvalue weighted by molar-refractivity contribution is 6.04. The zero-order chi connectivity index (χ0) is 24.0. The summed E-state index contributed by atoms with van der Waals surface area (Å²) < 4.78 is 10.3. The quantitative estimate of drug-likeness (QED) is 0.396. The predicted molar refractivity (Wildman–Crippen MR) is 126 cm³/mol. The highest BCUT2D eigenvalue weighted by atomic mass is 16.5. The number of likely N-dealkylation sites (tertiary alicyclic amines) is 1. The summed E-state index contributed by atoms with van der Waals surface area (Å²) in [5.41, 5.74) is 2.50. The largest absolute Gasteiger partial charge is 0.383 e. The van der Waals surface area contributed by atoms with Crippen LogP contribution in [0.2, 0.25) is 0 Å². The average molecular weight is 458 g/mol. The molecule has 2 aromatic heterocycles. The van der Waals surface area contributed by atoms with Gasteiger partial charge in [0.15, 0.2) is 5.65 Å². The Morgan fingerprint density at radius 3 is 2.85 bits per heavy atom. The van der Waals surface area contributed by atoms with Gasteiger partial charge in [-0.05, 0) is 30.8 Å². The zero-order valence-corrected chi connectivity index (χ0v) is 20.0. The van der Waals surface area contributed by atoms with Crippen molar-refractivity contribution in [3.8, 4) is 0 Å². The Morgan fingerprint density at radius 1 is 1.36 bits per heavy atom. The number of aromatic amines is 1. The van der Waals surface area contributed by atoms with Gasteiger partial charge >= 0.3 is 0 Å². The fraction of sp³-hybridized carbons (Fsp3) is 0.583. The topological polar surface area (TPSA) is 109 Å². The molecular formula is C24H35N5O4. The van der Waals surface area contributed by atoms with E-state index >= 15 is 0 Å². The summed E-state index contributed by atoms with van der Waals surface area (Å²) in [6.07, 6.45) is 6.67. The van der Waals surface area contributed by atoms with Crippen molar-refractivity contribution >= 4 is 23.0 Å². The number of carbonyl (C=O) groups is 2. The van der Waals surface area contributed by atoms with Gasteiger partial charge in [-0.3, -0.25) is 9.59 Å². The molecular weight excluding hydrogens is 422 g/mol. The number of H-pyrrole nitrogens is 1. The molecule has 3 unspecified atom stereocenters. The number of ether oxygens (including phenoxy) is 2. The molecule has 0 saturated carbocycles. The van der Waals surface area contributed by atoms with Crippen molar-refractivity contribution in [3.05, 3.63) is 36.3 Å². The van der Waals surface area contributed by atoms with Gasteiger partial charge in [0.2, 0.25) is 5.91 Å². The summed E-state index contributed by atoms with van der Waals surface area (Å²) >= 11 is 0. The Balaban J connectivity index is 1.69. The molecule has 1 saturated heterocycles. The van der Waals surface area contributed by atoms with Gasteiger partial charge in [-0.1, -0.05) is 20.4 Å². The first-order valence-corrected chi connectivity index (χ1v) is 11.4. The molecule has 3 rings (SSSR count). The zero-order valence-electron chi connectivity index (χ0n) is 20.0. The molecule has 2 N–H and O–H groups in total. The van der Waals surface area contributed by atoms with Gasteiger partial charge in [-0.15, -0.1) is 0 Å². The maximum Gasteiger partial charge on any atom is 0.255 e. The van der Waals surface area contributed by atoms with Gasteiger partial charge in [0.25, 0.3) is 5.91 Å². The number of hydrogen-bond acceptors (Lipinski definition) is 6. The number of nitrogens with one attached hydrogen (secondary N) is 2. The molecule has 1 aliphatic heterocycles. The highest BCUT2D eigenvalue weighted by Gasteiger charge is 2.35. The maximum atomic E-state index is 12.5. The summed E-state index contributed by atoms with van der Waals surface area (Å²) in [5, 5.41) is 2.83. The second-order valence-electron chi connectivity index (χ2n) is 8.85. The molecule has 9 heteroatoms. The van der Waals surface area contributed by atoms with E-state index in [0.29, 0.717) is 54.9 Å². The molecule has 1 aliphatic rings. The van der Waals surface area contributed by atoms with Crippen molar-refractivity contribution in [1.82, 2.24) is 25.2 Å². The van der Waals surface area contributed by atoms with Crippen molar-refractivity contribution in [3.63, 3.8) is 0 Å². The van der Waals surface area contributed by atoms with E-state index in [-0.39, 0.29) is 23.8 Å². The second kappa shape index (κ2) is 11.4. The second-order valence-corrected chi connectivity index (χ2v) is 8.85. The van der Waals surface area contributed by atoms with Crippen LogP contribution in [-0.2, 0) is 14.3 Å². The number of fused-ring (bicyclic) bond motifs is 1. The molecule has 0 aromatic carbocycles.